The van der Waals surface area contributed by atoms with E-state index in [9.17, 15) is 14.7 Å². The van der Waals surface area contributed by atoms with Crippen LogP contribution >= 0.6 is 0 Å². The second kappa shape index (κ2) is 5.24. The maximum absolute atomic E-state index is 11.9. The van der Waals surface area contributed by atoms with Gasteiger partial charge in [0.25, 0.3) is 0 Å². The number of amides is 1. The van der Waals surface area contributed by atoms with Crippen LogP contribution in [0, 0.1) is 5.92 Å². The summed E-state index contributed by atoms with van der Waals surface area (Å²) >= 11 is 0. The molecule has 0 spiro atoms. The molecule has 1 amide bonds. The molecule has 1 aliphatic carbocycles. The summed E-state index contributed by atoms with van der Waals surface area (Å²) in [5.41, 5.74) is -1.13. The van der Waals surface area contributed by atoms with Crippen molar-refractivity contribution in [3.63, 3.8) is 0 Å². The molecular weight excluding hydrogens is 236 g/mol. The van der Waals surface area contributed by atoms with Gasteiger partial charge in [0.05, 0.1) is 19.1 Å². The van der Waals surface area contributed by atoms with Gasteiger partial charge < -0.3 is 20.5 Å². The number of morpholine rings is 1. The Kier molecular flexibility index (Phi) is 3.87. The average molecular weight is 256 g/mol. The standard InChI is InChI=1S/C12H20N2O4/c1-12(11(16)17,8-2-3-8)14-10(15)6-9-7-13-4-5-18-9/h8-9,13H,2-7H2,1H3,(H,14,15)(H,16,17). The Morgan fingerprint density at radius 3 is 2.72 bits per heavy atom. The number of nitrogens with one attached hydrogen (secondary N) is 2. The third-order valence-electron chi connectivity index (χ3n) is 3.65. The van der Waals surface area contributed by atoms with E-state index in [1.165, 1.54) is 0 Å². The molecule has 0 radical (unpaired) electrons. The van der Waals surface area contributed by atoms with E-state index in [2.05, 4.69) is 10.6 Å². The van der Waals surface area contributed by atoms with Crippen molar-refractivity contribution in [3.05, 3.63) is 0 Å². The highest BCUT2D eigenvalue weighted by atomic mass is 16.5. The fraction of sp³-hybridized carbons (Fsp3) is 0.833. The average Bonchev–Trinajstić information content (AvgIpc) is 3.13. The Hall–Kier alpha value is -1.14. The molecule has 2 aliphatic rings. The van der Waals surface area contributed by atoms with Crippen molar-refractivity contribution in [1.29, 1.82) is 0 Å². The molecule has 18 heavy (non-hydrogen) atoms. The zero-order valence-corrected chi connectivity index (χ0v) is 10.6. The van der Waals surface area contributed by atoms with E-state index < -0.39 is 11.5 Å². The van der Waals surface area contributed by atoms with E-state index in [4.69, 9.17) is 4.74 Å². The molecule has 2 atom stereocenters. The van der Waals surface area contributed by atoms with Crippen LogP contribution in [0.5, 0.6) is 0 Å². The smallest absolute Gasteiger partial charge is 0.329 e. The van der Waals surface area contributed by atoms with Crippen LogP contribution < -0.4 is 10.6 Å². The van der Waals surface area contributed by atoms with Crippen LogP contribution in [0.3, 0.4) is 0 Å². The van der Waals surface area contributed by atoms with Crippen LogP contribution in [-0.2, 0) is 14.3 Å². The lowest BCUT2D eigenvalue weighted by Gasteiger charge is -2.28. The van der Waals surface area contributed by atoms with Crippen LogP contribution in [0.1, 0.15) is 26.2 Å². The maximum Gasteiger partial charge on any atom is 0.329 e. The molecule has 2 unspecified atom stereocenters. The normalized spacial score (nSPS) is 27.3. The van der Waals surface area contributed by atoms with Gasteiger partial charge in [0.15, 0.2) is 0 Å². The summed E-state index contributed by atoms with van der Waals surface area (Å²) in [5.74, 6) is -1.15. The van der Waals surface area contributed by atoms with Crippen LogP contribution in [-0.4, -0.2) is 48.3 Å². The van der Waals surface area contributed by atoms with Gasteiger partial charge in [-0.1, -0.05) is 0 Å². The fourth-order valence-corrected chi connectivity index (χ4v) is 2.29. The summed E-state index contributed by atoms with van der Waals surface area (Å²) in [6.45, 7) is 3.62. The van der Waals surface area contributed by atoms with Gasteiger partial charge >= 0.3 is 5.97 Å². The Morgan fingerprint density at radius 2 is 2.22 bits per heavy atom. The number of hydrogen-bond acceptors (Lipinski definition) is 4. The van der Waals surface area contributed by atoms with Crippen LogP contribution in [0.15, 0.2) is 0 Å². The summed E-state index contributed by atoms with van der Waals surface area (Å²) < 4.78 is 5.43. The number of carbonyl (C=O) groups excluding carboxylic acids is 1. The molecule has 6 nitrogen and oxygen atoms in total. The second-order valence-corrected chi connectivity index (χ2v) is 5.23. The zero-order chi connectivity index (χ0) is 13.2. The molecule has 102 valence electrons. The Morgan fingerprint density at radius 1 is 1.50 bits per heavy atom. The summed E-state index contributed by atoms with van der Waals surface area (Å²) in [4.78, 5) is 23.2. The molecule has 1 aliphatic heterocycles. The number of carbonyl (C=O) groups is 2. The van der Waals surface area contributed by atoms with Crippen molar-refractivity contribution >= 4 is 11.9 Å². The van der Waals surface area contributed by atoms with E-state index in [0.717, 1.165) is 19.4 Å². The molecule has 1 heterocycles. The zero-order valence-electron chi connectivity index (χ0n) is 10.6. The van der Waals surface area contributed by atoms with Crippen molar-refractivity contribution in [1.82, 2.24) is 10.6 Å². The Balaban J connectivity index is 1.86. The van der Waals surface area contributed by atoms with Crippen molar-refractivity contribution in [2.75, 3.05) is 19.7 Å². The first-order valence-corrected chi connectivity index (χ1v) is 6.39. The minimum atomic E-state index is -1.13. The Bertz CT molecular complexity index is 337. The monoisotopic (exact) mass is 256 g/mol. The highest BCUT2D eigenvalue weighted by Gasteiger charge is 2.48. The van der Waals surface area contributed by atoms with Gasteiger partial charge in [0.1, 0.15) is 5.54 Å². The molecule has 2 rings (SSSR count). The van der Waals surface area contributed by atoms with Gasteiger partial charge in [-0.2, -0.15) is 0 Å². The van der Waals surface area contributed by atoms with Crippen molar-refractivity contribution in [3.8, 4) is 0 Å². The van der Waals surface area contributed by atoms with E-state index in [1.807, 2.05) is 0 Å². The fourth-order valence-electron chi connectivity index (χ4n) is 2.29. The number of aliphatic carboxylic acids is 1. The van der Waals surface area contributed by atoms with Gasteiger partial charge in [0.2, 0.25) is 5.91 Å². The molecule has 1 saturated heterocycles. The molecule has 3 N–H and O–H groups in total. The summed E-state index contributed by atoms with van der Waals surface area (Å²) in [7, 11) is 0. The van der Waals surface area contributed by atoms with Gasteiger partial charge in [-0.25, -0.2) is 4.79 Å². The lowest BCUT2D eigenvalue weighted by atomic mass is 9.95. The first-order chi connectivity index (χ1) is 8.52. The minimum Gasteiger partial charge on any atom is -0.480 e. The van der Waals surface area contributed by atoms with Crippen molar-refractivity contribution < 1.29 is 19.4 Å². The third-order valence-corrected chi connectivity index (χ3v) is 3.65. The third kappa shape index (κ3) is 3.00. The topological polar surface area (TPSA) is 87.7 Å². The van der Waals surface area contributed by atoms with Gasteiger partial charge in [-0.05, 0) is 25.7 Å². The highest BCUT2D eigenvalue weighted by molar-refractivity contribution is 5.87. The summed E-state index contributed by atoms with van der Waals surface area (Å²) in [5, 5.41) is 15.0. The molecule has 0 bridgehead atoms. The van der Waals surface area contributed by atoms with E-state index in [-0.39, 0.29) is 24.3 Å². The van der Waals surface area contributed by atoms with Gasteiger partial charge in [-0.3, -0.25) is 4.79 Å². The SMILES string of the molecule is CC(NC(=O)CC1CNCCO1)(C(=O)O)C1CC1. The molecule has 1 saturated carbocycles. The quantitative estimate of drug-likeness (QED) is 0.630. The lowest BCUT2D eigenvalue weighted by molar-refractivity contribution is -0.148. The first-order valence-electron chi connectivity index (χ1n) is 6.39. The lowest BCUT2D eigenvalue weighted by Crippen LogP contribution is -2.55. The summed E-state index contributed by atoms with van der Waals surface area (Å²) in [6, 6.07) is 0. The highest BCUT2D eigenvalue weighted by Crippen LogP contribution is 2.39. The van der Waals surface area contributed by atoms with Crippen LogP contribution in [0.25, 0.3) is 0 Å². The number of ether oxygens (including phenoxy) is 1. The predicted octanol–water partition coefficient (Wildman–Crippen LogP) is -0.266. The van der Waals surface area contributed by atoms with Gasteiger partial charge in [0, 0.05) is 13.1 Å². The maximum atomic E-state index is 11.9. The van der Waals surface area contributed by atoms with Crippen LogP contribution in [0.2, 0.25) is 0 Å². The minimum absolute atomic E-state index is 0.0596. The largest absolute Gasteiger partial charge is 0.480 e. The molecule has 2 fully saturated rings. The molecule has 0 aromatic carbocycles. The number of rotatable bonds is 5. The van der Waals surface area contributed by atoms with E-state index >= 15 is 0 Å². The van der Waals surface area contributed by atoms with Crippen LogP contribution in [0.4, 0.5) is 0 Å². The second-order valence-electron chi connectivity index (χ2n) is 5.23. The first kappa shape index (κ1) is 13.3. The summed E-state index contributed by atoms with van der Waals surface area (Å²) in [6.07, 6.45) is 1.79. The number of carboxylic acids is 1. The predicted molar refractivity (Wildman–Crippen MR) is 64.1 cm³/mol. The molecule has 0 aromatic heterocycles. The number of carboxylic acid groups (broad SMARTS) is 1. The Labute approximate surface area is 106 Å². The number of hydrogen-bond donors (Lipinski definition) is 3. The molecule has 0 aromatic rings. The van der Waals surface area contributed by atoms with Gasteiger partial charge in [-0.15, -0.1) is 0 Å². The van der Waals surface area contributed by atoms with Crippen molar-refractivity contribution in [2.24, 2.45) is 5.92 Å². The van der Waals surface area contributed by atoms with E-state index in [0.29, 0.717) is 13.2 Å². The molecular formula is C12H20N2O4. The van der Waals surface area contributed by atoms with Crippen molar-refractivity contribution in [2.45, 2.75) is 37.8 Å². The van der Waals surface area contributed by atoms with E-state index in [1.54, 1.807) is 6.92 Å². The molecule has 6 heteroatoms.